The van der Waals surface area contributed by atoms with Gasteiger partial charge in [-0.15, -0.1) is 29.3 Å². The highest BCUT2D eigenvalue weighted by Crippen LogP contribution is 2.15. The molecule has 0 spiro atoms. The summed E-state index contributed by atoms with van der Waals surface area (Å²) < 4.78 is 0. The number of hydrogen-bond acceptors (Lipinski definition) is 4. The second-order valence-electron chi connectivity index (χ2n) is 4.41. The van der Waals surface area contributed by atoms with Crippen molar-refractivity contribution in [1.29, 1.82) is 0 Å². The zero-order valence-corrected chi connectivity index (χ0v) is 13.2. The molecule has 0 fully saturated rings. The van der Waals surface area contributed by atoms with Crippen LogP contribution >= 0.6 is 22.7 Å². The van der Waals surface area contributed by atoms with Crippen LogP contribution in [0.1, 0.15) is 22.5 Å². The molecule has 0 aliphatic rings. The van der Waals surface area contributed by atoms with Crippen molar-refractivity contribution >= 4 is 28.6 Å². The zero-order valence-electron chi connectivity index (χ0n) is 11.5. The quantitative estimate of drug-likeness (QED) is 0.733. The van der Waals surface area contributed by atoms with Crippen LogP contribution in [0.25, 0.3) is 0 Å². The van der Waals surface area contributed by atoms with E-state index in [1.165, 1.54) is 4.88 Å². The predicted molar refractivity (Wildman–Crippen MR) is 85.1 cm³/mol. The third kappa shape index (κ3) is 4.02. The number of rotatable bonds is 7. The molecule has 20 heavy (non-hydrogen) atoms. The van der Waals surface area contributed by atoms with Gasteiger partial charge in [-0.3, -0.25) is 4.79 Å². The van der Waals surface area contributed by atoms with Crippen molar-refractivity contribution in [3.05, 3.63) is 51.1 Å². The fourth-order valence-corrected chi connectivity index (χ4v) is 3.32. The maximum atomic E-state index is 12.4. The lowest BCUT2D eigenvalue weighted by atomic mass is 10.3. The number of thiazole rings is 1. The highest BCUT2D eigenvalue weighted by molar-refractivity contribution is 7.10. The van der Waals surface area contributed by atoms with Gasteiger partial charge in [-0.05, 0) is 17.9 Å². The molecule has 1 amide bonds. The Bertz CT molecular complexity index is 560. The fraction of sp³-hybridized carbons (Fsp3) is 0.333. The van der Waals surface area contributed by atoms with Crippen molar-refractivity contribution in [1.82, 2.24) is 9.88 Å². The van der Waals surface area contributed by atoms with E-state index in [1.54, 1.807) is 28.7 Å². The van der Waals surface area contributed by atoms with E-state index in [1.807, 2.05) is 27.8 Å². The normalized spacial score (nSPS) is 10.4. The number of carbonyl (C=O) groups excluding carboxylic acids is 1. The summed E-state index contributed by atoms with van der Waals surface area (Å²) in [6.45, 7) is 7.02. The average Bonchev–Trinajstić information content (AvgIpc) is 3.09. The lowest BCUT2D eigenvalue weighted by molar-refractivity contribution is -0.130. The van der Waals surface area contributed by atoms with Crippen molar-refractivity contribution in [2.45, 2.75) is 26.3 Å². The predicted octanol–water partition coefficient (Wildman–Crippen LogP) is 3.52. The highest BCUT2D eigenvalue weighted by atomic mass is 32.1. The molecule has 106 valence electrons. The number of amides is 1. The molecule has 5 heteroatoms. The molecule has 0 aliphatic heterocycles. The number of nitrogens with zero attached hydrogens (tertiary/aromatic N) is 2. The Labute approximate surface area is 127 Å². The molecular formula is C15H18N2OS2. The van der Waals surface area contributed by atoms with E-state index in [0.717, 1.165) is 17.1 Å². The SMILES string of the molecule is C=CCN(Cc1cccs1)C(=O)Cc1csc(CC)n1. The maximum Gasteiger partial charge on any atom is 0.229 e. The van der Waals surface area contributed by atoms with E-state index in [-0.39, 0.29) is 5.91 Å². The Morgan fingerprint density at radius 1 is 1.50 bits per heavy atom. The van der Waals surface area contributed by atoms with Gasteiger partial charge < -0.3 is 4.90 Å². The lowest BCUT2D eigenvalue weighted by Crippen LogP contribution is -2.31. The van der Waals surface area contributed by atoms with E-state index >= 15 is 0 Å². The number of hydrogen-bond donors (Lipinski definition) is 0. The molecule has 2 aromatic heterocycles. The molecule has 0 N–H and O–H groups in total. The summed E-state index contributed by atoms with van der Waals surface area (Å²) in [6, 6.07) is 4.05. The second-order valence-corrected chi connectivity index (χ2v) is 6.38. The molecule has 2 aromatic rings. The summed E-state index contributed by atoms with van der Waals surface area (Å²) in [5.41, 5.74) is 0.872. The summed E-state index contributed by atoms with van der Waals surface area (Å²) >= 11 is 3.29. The molecule has 0 atom stereocenters. The Morgan fingerprint density at radius 3 is 2.95 bits per heavy atom. The van der Waals surface area contributed by atoms with E-state index in [2.05, 4.69) is 18.5 Å². The highest BCUT2D eigenvalue weighted by Gasteiger charge is 2.15. The molecule has 2 rings (SSSR count). The molecule has 0 saturated heterocycles. The van der Waals surface area contributed by atoms with Crippen LogP contribution in [-0.4, -0.2) is 22.3 Å². The summed E-state index contributed by atoms with van der Waals surface area (Å²) in [4.78, 5) is 19.8. The van der Waals surface area contributed by atoms with Gasteiger partial charge in [-0.25, -0.2) is 4.98 Å². The van der Waals surface area contributed by atoms with Gasteiger partial charge in [-0.1, -0.05) is 19.1 Å². The fourth-order valence-electron chi connectivity index (χ4n) is 1.86. The van der Waals surface area contributed by atoms with Crippen LogP contribution in [0, 0.1) is 0 Å². The third-order valence-electron chi connectivity index (χ3n) is 2.86. The molecule has 0 radical (unpaired) electrons. The third-order valence-corrected chi connectivity index (χ3v) is 4.77. The number of carbonyl (C=O) groups is 1. The van der Waals surface area contributed by atoms with E-state index < -0.39 is 0 Å². The van der Waals surface area contributed by atoms with Crippen molar-refractivity contribution in [3.63, 3.8) is 0 Å². The molecule has 2 heterocycles. The topological polar surface area (TPSA) is 33.2 Å². The minimum absolute atomic E-state index is 0.103. The number of aromatic nitrogens is 1. The molecule has 0 unspecified atom stereocenters. The van der Waals surface area contributed by atoms with Gasteiger partial charge in [0.05, 0.1) is 23.7 Å². The largest absolute Gasteiger partial charge is 0.334 e. The molecular weight excluding hydrogens is 288 g/mol. The Hall–Kier alpha value is -1.46. The van der Waals surface area contributed by atoms with Crippen LogP contribution in [0.2, 0.25) is 0 Å². The first-order valence-corrected chi connectivity index (χ1v) is 8.33. The summed E-state index contributed by atoms with van der Waals surface area (Å²) in [5, 5.41) is 5.09. The van der Waals surface area contributed by atoms with Gasteiger partial charge in [0.15, 0.2) is 0 Å². The average molecular weight is 306 g/mol. The van der Waals surface area contributed by atoms with Gasteiger partial charge in [0.25, 0.3) is 0 Å². The van der Waals surface area contributed by atoms with Crippen molar-refractivity contribution in [3.8, 4) is 0 Å². The standard InChI is InChI=1S/C15H18N2OS2/c1-3-7-17(10-13-6-5-8-19-13)15(18)9-12-11-20-14(4-2)16-12/h3,5-6,8,11H,1,4,7,9-10H2,2H3. The Morgan fingerprint density at radius 2 is 2.35 bits per heavy atom. The van der Waals surface area contributed by atoms with E-state index in [4.69, 9.17) is 0 Å². The number of thiophene rings is 1. The minimum Gasteiger partial charge on any atom is -0.334 e. The molecule has 0 aromatic carbocycles. The second kappa shape index (κ2) is 7.36. The van der Waals surface area contributed by atoms with Crippen molar-refractivity contribution in [2.24, 2.45) is 0 Å². The van der Waals surface area contributed by atoms with Crippen molar-refractivity contribution in [2.75, 3.05) is 6.54 Å². The van der Waals surface area contributed by atoms with Crippen LogP contribution in [0.5, 0.6) is 0 Å². The Kier molecular flexibility index (Phi) is 5.49. The van der Waals surface area contributed by atoms with Gasteiger partial charge >= 0.3 is 0 Å². The van der Waals surface area contributed by atoms with Crippen LogP contribution in [0.3, 0.4) is 0 Å². The minimum atomic E-state index is 0.103. The van der Waals surface area contributed by atoms with E-state index in [0.29, 0.717) is 19.5 Å². The monoisotopic (exact) mass is 306 g/mol. The van der Waals surface area contributed by atoms with Gasteiger partial charge in [-0.2, -0.15) is 0 Å². The molecule has 0 saturated carbocycles. The van der Waals surface area contributed by atoms with Gasteiger partial charge in [0.2, 0.25) is 5.91 Å². The smallest absolute Gasteiger partial charge is 0.229 e. The molecule has 0 bridgehead atoms. The van der Waals surface area contributed by atoms with Crippen LogP contribution in [0.4, 0.5) is 0 Å². The van der Waals surface area contributed by atoms with Crippen LogP contribution < -0.4 is 0 Å². The van der Waals surface area contributed by atoms with Gasteiger partial charge in [0, 0.05) is 16.8 Å². The maximum absolute atomic E-state index is 12.4. The first-order chi connectivity index (χ1) is 9.72. The van der Waals surface area contributed by atoms with Gasteiger partial charge in [0.1, 0.15) is 0 Å². The molecule has 3 nitrogen and oxygen atoms in total. The first kappa shape index (κ1) is 14.9. The lowest BCUT2D eigenvalue weighted by Gasteiger charge is -2.20. The summed E-state index contributed by atoms with van der Waals surface area (Å²) in [5.74, 6) is 0.103. The van der Waals surface area contributed by atoms with Crippen molar-refractivity contribution < 1.29 is 4.79 Å². The van der Waals surface area contributed by atoms with Crippen LogP contribution in [0.15, 0.2) is 35.5 Å². The first-order valence-electron chi connectivity index (χ1n) is 6.57. The molecule has 0 aliphatic carbocycles. The summed E-state index contributed by atoms with van der Waals surface area (Å²) in [7, 11) is 0. The van der Waals surface area contributed by atoms with E-state index in [9.17, 15) is 4.79 Å². The Balaban J connectivity index is 2.00. The summed E-state index contributed by atoms with van der Waals surface area (Å²) in [6.07, 6.45) is 3.06. The zero-order chi connectivity index (χ0) is 14.4. The van der Waals surface area contributed by atoms with Crippen LogP contribution in [-0.2, 0) is 24.2 Å². The number of aryl methyl sites for hydroxylation is 1.